The van der Waals surface area contributed by atoms with Gasteiger partial charge in [0.2, 0.25) is 5.82 Å². The van der Waals surface area contributed by atoms with Crippen LogP contribution in [0.15, 0.2) is 24.3 Å². The molecule has 0 unspecified atom stereocenters. The van der Waals surface area contributed by atoms with Crippen LogP contribution in [0.25, 0.3) is 11.1 Å². The Morgan fingerprint density at radius 1 is 0.692 bits per heavy atom. The molecule has 2 aliphatic rings. The van der Waals surface area contributed by atoms with E-state index in [9.17, 15) is 35.1 Å². The Bertz CT molecular complexity index is 1140. The number of alkyl halides is 6. The normalized spacial score (nSPS) is 24.6. The monoisotopic (exact) mass is 562 g/mol. The molecule has 216 valence electrons. The lowest BCUT2D eigenvalue weighted by Gasteiger charge is -2.38. The molecular formula is C30H34F8O. The van der Waals surface area contributed by atoms with Crippen LogP contribution in [0, 0.1) is 29.4 Å². The van der Waals surface area contributed by atoms with Gasteiger partial charge in [0.1, 0.15) is 0 Å². The number of halogens is 8. The molecule has 0 aliphatic heterocycles. The van der Waals surface area contributed by atoms with E-state index in [1.165, 1.54) is 6.42 Å². The zero-order valence-corrected chi connectivity index (χ0v) is 22.1. The van der Waals surface area contributed by atoms with Gasteiger partial charge in [-0.3, -0.25) is 0 Å². The summed E-state index contributed by atoms with van der Waals surface area (Å²) in [6, 6.07) is 3.57. The van der Waals surface area contributed by atoms with Crippen LogP contribution >= 0.6 is 0 Å². The van der Waals surface area contributed by atoms with Gasteiger partial charge in [-0.15, -0.1) is 0 Å². The van der Waals surface area contributed by atoms with Crippen molar-refractivity contribution in [3.8, 4) is 16.9 Å². The second-order valence-electron chi connectivity index (χ2n) is 11.1. The highest BCUT2D eigenvalue weighted by Gasteiger charge is 2.48. The fraction of sp³-hybridized carbons (Fsp3) is 0.600. The Kier molecular flexibility index (Phi) is 8.86. The molecule has 4 rings (SSSR count). The van der Waals surface area contributed by atoms with Crippen LogP contribution < -0.4 is 4.74 Å². The zero-order chi connectivity index (χ0) is 28.5. The quantitative estimate of drug-likeness (QED) is 0.318. The highest BCUT2D eigenvalue weighted by atomic mass is 19.4. The van der Waals surface area contributed by atoms with Crippen LogP contribution in [0.1, 0.15) is 93.7 Å². The summed E-state index contributed by atoms with van der Waals surface area (Å²) in [4.78, 5) is 0. The summed E-state index contributed by atoms with van der Waals surface area (Å²) in [5.41, 5.74) is -6.15. The first-order valence-electron chi connectivity index (χ1n) is 13.7. The van der Waals surface area contributed by atoms with E-state index in [0.717, 1.165) is 69.4 Å². The van der Waals surface area contributed by atoms with Crippen molar-refractivity contribution in [3.63, 3.8) is 0 Å². The molecule has 0 saturated heterocycles. The third-order valence-electron chi connectivity index (χ3n) is 8.83. The van der Waals surface area contributed by atoms with Crippen LogP contribution in [-0.2, 0) is 12.4 Å². The van der Waals surface area contributed by atoms with E-state index >= 15 is 0 Å². The van der Waals surface area contributed by atoms with Crippen molar-refractivity contribution in [2.45, 2.75) is 89.4 Å². The summed E-state index contributed by atoms with van der Waals surface area (Å²) >= 11 is 0. The van der Waals surface area contributed by atoms with Crippen molar-refractivity contribution in [2.24, 2.45) is 17.8 Å². The molecule has 0 N–H and O–H groups in total. The molecule has 9 heteroatoms. The topological polar surface area (TPSA) is 9.23 Å². The predicted octanol–water partition coefficient (Wildman–Crippen LogP) is 10.6. The highest BCUT2D eigenvalue weighted by Crippen LogP contribution is 2.52. The predicted molar refractivity (Wildman–Crippen MR) is 133 cm³/mol. The average Bonchev–Trinajstić information content (AvgIpc) is 2.89. The molecule has 0 spiro atoms. The molecular weight excluding hydrogens is 528 g/mol. The Morgan fingerprint density at radius 3 is 1.74 bits per heavy atom. The van der Waals surface area contributed by atoms with Gasteiger partial charge >= 0.3 is 12.4 Å². The van der Waals surface area contributed by atoms with Crippen LogP contribution in [0.4, 0.5) is 35.1 Å². The minimum absolute atomic E-state index is 0.366. The van der Waals surface area contributed by atoms with Gasteiger partial charge in [0.25, 0.3) is 0 Å². The Hall–Kier alpha value is -2.32. The average molecular weight is 563 g/mol. The molecule has 2 aliphatic carbocycles. The van der Waals surface area contributed by atoms with Crippen LogP contribution in [0.5, 0.6) is 5.75 Å². The number of methoxy groups -OCH3 is 1. The van der Waals surface area contributed by atoms with Crippen LogP contribution in [-0.4, -0.2) is 7.11 Å². The lowest BCUT2D eigenvalue weighted by Crippen LogP contribution is -2.27. The van der Waals surface area contributed by atoms with Gasteiger partial charge in [0.15, 0.2) is 11.6 Å². The maximum atomic E-state index is 14.8. The van der Waals surface area contributed by atoms with E-state index in [0.29, 0.717) is 37.5 Å². The first-order valence-corrected chi connectivity index (χ1v) is 13.7. The Morgan fingerprint density at radius 2 is 1.23 bits per heavy atom. The van der Waals surface area contributed by atoms with Crippen molar-refractivity contribution in [1.29, 1.82) is 0 Å². The molecule has 2 fully saturated rings. The van der Waals surface area contributed by atoms with Gasteiger partial charge in [0, 0.05) is 5.56 Å². The number of benzene rings is 2. The molecule has 1 nitrogen and oxygen atoms in total. The summed E-state index contributed by atoms with van der Waals surface area (Å²) in [5.74, 6) is -2.90. The lowest BCUT2D eigenvalue weighted by molar-refractivity contribution is -0.162. The van der Waals surface area contributed by atoms with Crippen molar-refractivity contribution < 1.29 is 39.9 Å². The van der Waals surface area contributed by atoms with E-state index in [4.69, 9.17) is 0 Å². The smallest absolute Gasteiger partial charge is 0.417 e. The number of ether oxygens (including phenoxy) is 1. The molecule has 2 aromatic carbocycles. The molecule has 0 aromatic heterocycles. The zero-order valence-electron chi connectivity index (χ0n) is 22.1. The molecule has 2 aromatic rings. The van der Waals surface area contributed by atoms with Crippen LogP contribution in [0.3, 0.4) is 0 Å². The van der Waals surface area contributed by atoms with Crippen molar-refractivity contribution in [1.82, 2.24) is 0 Å². The van der Waals surface area contributed by atoms with E-state index < -0.39 is 63.5 Å². The molecule has 0 bridgehead atoms. The van der Waals surface area contributed by atoms with Gasteiger partial charge in [-0.25, -0.2) is 4.39 Å². The third kappa shape index (κ3) is 6.22. The van der Waals surface area contributed by atoms with Gasteiger partial charge < -0.3 is 4.74 Å². The van der Waals surface area contributed by atoms with E-state index in [1.807, 2.05) is 0 Å². The molecule has 0 amide bonds. The summed E-state index contributed by atoms with van der Waals surface area (Å²) in [6.45, 7) is 2.17. The summed E-state index contributed by atoms with van der Waals surface area (Å²) in [5, 5.41) is 0. The number of hydrogen-bond donors (Lipinski definition) is 0. The van der Waals surface area contributed by atoms with E-state index in [1.54, 1.807) is 0 Å². The standard InChI is InChI=1S/C30H34F8O/c1-3-4-17-5-7-18(8-6-17)19-9-11-20(12-10-19)21-13-14-22(23-15-16-24(39-2)28(32)27(23)31)26(30(36,37)38)25(21)29(33,34)35/h13-20H,3-12H2,1-2H3. The molecule has 0 radical (unpaired) electrons. The van der Waals surface area contributed by atoms with E-state index in [-0.39, 0.29) is 0 Å². The number of hydrogen-bond acceptors (Lipinski definition) is 1. The lowest BCUT2D eigenvalue weighted by atomic mass is 9.67. The van der Waals surface area contributed by atoms with E-state index in [2.05, 4.69) is 11.7 Å². The summed E-state index contributed by atoms with van der Waals surface area (Å²) in [6.07, 6.45) is -1.82. The minimum atomic E-state index is -5.45. The molecule has 39 heavy (non-hydrogen) atoms. The summed E-state index contributed by atoms with van der Waals surface area (Å²) in [7, 11) is 1.04. The number of rotatable bonds is 6. The van der Waals surface area contributed by atoms with Gasteiger partial charge in [-0.05, 0) is 85.5 Å². The summed E-state index contributed by atoms with van der Waals surface area (Å²) < 4.78 is 120. The first kappa shape index (κ1) is 29.7. The van der Waals surface area contributed by atoms with Crippen molar-refractivity contribution in [2.75, 3.05) is 7.11 Å². The first-order chi connectivity index (χ1) is 18.4. The second kappa shape index (κ2) is 11.7. The minimum Gasteiger partial charge on any atom is -0.494 e. The maximum absolute atomic E-state index is 14.8. The van der Waals surface area contributed by atoms with Gasteiger partial charge in [-0.2, -0.15) is 30.7 Å². The highest BCUT2D eigenvalue weighted by molar-refractivity contribution is 5.72. The third-order valence-corrected chi connectivity index (χ3v) is 8.83. The molecule has 0 atom stereocenters. The second-order valence-corrected chi connectivity index (χ2v) is 11.1. The SMILES string of the molecule is CCCC1CCC(C2CCC(c3ccc(-c4ccc(OC)c(F)c4F)c(C(F)(F)F)c3C(F)(F)F)CC2)CC1. The van der Waals surface area contributed by atoms with Crippen LogP contribution in [0.2, 0.25) is 0 Å². The Balaban J connectivity index is 1.67. The maximum Gasteiger partial charge on any atom is 0.417 e. The molecule has 0 heterocycles. The van der Waals surface area contributed by atoms with Gasteiger partial charge in [-0.1, -0.05) is 44.7 Å². The fourth-order valence-electron chi connectivity index (χ4n) is 6.94. The largest absolute Gasteiger partial charge is 0.494 e. The van der Waals surface area contributed by atoms with Gasteiger partial charge in [0.05, 0.1) is 18.2 Å². The Labute approximate surface area is 223 Å². The van der Waals surface area contributed by atoms with Crippen molar-refractivity contribution in [3.05, 3.63) is 52.6 Å². The fourth-order valence-corrected chi connectivity index (χ4v) is 6.94. The molecule has 2 saturated carbocycles. The van der Waals surface area contributed by atoms with Crippen molar-refractivity contribution >= 4 is 0 Å².